The van der Waals surface area contributed by atoms with E-state index in [0.717, 1.165) is 26.1 Å². The first-order valence-electron chi connectivity index (χ1n) is 9.61. The molecule has 4 unspecified atom stereocenters. The molecule has 0 aromatic carbocycles. The van der Waals surface area contributed by atoms with E-state index in [2.05, 4.69) is 70.7 Å². The number of aliphatic hydroxyl groups excluding tert-OH is 1. The summed E-state index contributed by atoms with van der Waals surface area (Å²) in [5.74, 6) is 0. The van der Waals surface area contributed by atoms with Crippen LogP contribution >= 0.6 is 0 Å². The Bertz CT molecular complexity index is 678. The Morgan fingerprint density at radius 3 is 2.15 bits per heavy atom. The summed E-state index contributed by atoms with van der Waals surface area (Å²) in [5, 5.41) is 10.1. The normalized spacial score (nSPS) is 38.1. The largest absolute Gasteiger partial charge is 1.00 e. The van der Waals surface area contributed by atoms with Crippen LogP contribution in [0.5, 0.6) is 0 Å². The minimum Gasteiger partial charge on any atom is -1.00 e. The van der Waals surface area contributed by atoms with Gasteiger partial charge in [0.2, 0.25) is 0 Å². The molecule has 0 aromatic rings. The summed E-state index contributed by atoms with van der Waals surface area (Å²) in [7, 11) is 0. The van der Waals surface area contributed by atoms with Crippen LogP contribution in [-0.4, -0.2) is 46.9 Å². The van der Waals surface area contributed by atoms with Crippen molar-refractivity contribution < 1.29 is 22.4 Å². The lowest BCUT2D eigenvalue weighted by Crippen LogP contribution is -3.19. The molecule has 3 rings (SSSR count). The zero-order valence-corrected chi connectivity index (χ0v) is 18.0. The van der Waals surface area contributed by atoms with Crippen LogP contribution in [0.4, 0.5) is 0 Å². The highest BCUT2D eigenvalue weighted by molar-refractivity contribution is 5.33. The van der Waals surface area contributed by atoms with Gasteiger partial charge in [-0.25, -0.2) is 4.90 Å². The molecule has 0 aromatic heterocycles. The van der Waals surface area contributed by atoms with Crippen LogP contribution in [0.15, 0.2) is 46.6 Å². The number of hydrogen-bond donors (Lipinski definition) is 2. The van der Waals surface area contributed by atoms with Crippen LogP contribution in [0.3, 0.4) is 0 Å². The molecule has 0 saturated carbocycles. The van der Waals surface area contributed by atoms with Crippen LogP contribution in [0, 0.1) is 0 Å². The Morgan fingerprint density at radius 1 is 1.04 bits per heavy atom. The Hall–Kier alpha value is -0.870. The van der Waals surface area contributed by atoms with Crippen molar-refractivity contribution in [2.24, 2.45) is 0 Å². The number of hydrogen-bond acceptors (Lipinski definition) is 2. The van der Waals surface area contributed by atoms with Crippen molar-refractivity contribution in [3.05, 3.63) is 46.6 Å². The molecule has 4 atom stereocenters. The predicted octanol–water partition coefficient (Wildman–Crippen LogP) is -0.381. The maximum Gasteiger partial charge on any atom is 0.135 e. The monoisotopic (exact) mass is 378 g/mol. The van der Waals surface area contributed by atoms with Crippen molar-refractivity contribution in [2.75, 3.05) is 19.8 Å². The highest BCUT2D eigenvalue weighted by Crippen LogP contribution is 2.34. The predicted molar refractivity (Wildman–Crippen MR) is 104 cm³/mol. The summed E-state index contributed by atoms with van der Waals surface area (Å²) in [6, 6.07) is 0.228. The van der Waals surface area contributed by atoms with E-state index in [0.29, 0.717) is 0 Å². The summed E-state index contributed by atoms with van der Waals surface area (Å²) in [6.07, 6.45) is 11.6. The number of rotatable bonds is 3. The van der Waals surface area contributed by atoms with Gasteiger partial charge in [-0.2, -0.15) is 0 Å². The molecule has 3 aliphatic rings. The third-order valence-corrected chi connectivity index (χ3v) is 6.27. The first-order valence-corrected chi connectivity index (χ1v) is 9.61. The van der Waals surface area contributed by atoms with Gasteiger partial charge in [0.25, 0.3) is 0 Å². The summed E-state index contributed by atoms with van der Waals surface area (Å²) >= 11 is 0. The number of nitrogens with zero attached hydrogens (tertiary/aromatic N) is 1. The van der Waals surface area contributed by atoms with Gasteiger partial charge in [-0.3, -0.25) is 0 Å². The molecule has 1 saturated heterocycles. The van der Waals surface area contributed by atoms with E-state index in [1.54, 1.807) is 4.90 Å². The second-order valence-corrected chi connectivity index (χ2v) is 9.16. The van der Waals surface area contributed by atoms with Crippen molar-refractivity contribution >= 4 is 0 Å². The van der Waals surface area contributed by atoms with Gasteiger partial charge in [-0.15, -0.1) is 0 Å². The average Bonchev–Trinajstić information content (AvgIpc) is 2.90. The van der Waals surface area contributed by atoms with Crippen molar-refractivity contribution in [1.29, 1.82) is 0 Å². The molecule has 0 radical (unpaired) electrons. The van der Waals surface area contributed by atoms with Gasteiger partial charge in [-0.1, -0.05) is 34.9 Å². The van der Waals surface area contributed by atoms with Gasteiger partial charge in [0.05, 0.1) is 19.2 Å². The van der Waals surface area contributed by atoms with Gasteiger partial charge in [0.15, 0.2) is 0 Å². The molecule has 26 heavy (non-hydrogen) atoms. The van der Waals surface area contributed by atoms with Gasteiger partial charge < -0.3 is 22.4 Å². The van der Waals surface area contributed by atoms with Crippen LogP contribution in [0.1, 0.15) is 54.4 Å². The highest BCUT2D eigenvalue weighted by Gasteiger charge is 2.49. The minimum atomic E-state index is 0. The number of halogens is 1. The lowest BCUT2D eigenvalue weighted by molar-refractivity contribution is -0.936. The van der Waals surface area contributed by atoms with E-state index in [-0.39, 0.29) is 36.1 Å². The van der Waals surface area contributed by atoms with E-state index < -0.39 is 0 Å². The summed E-state index contributed by atoms with van der Waals surface area (Å²) in [4.78, 5) is 4.14. The lowest BCUT2D eigenvalue weighted by Gasteiger charge is -2.41. The topological polar surface area (TPSA) is 27.9 Å². The Kier molecular flexibility index (Phi) is 6.29. The molecule has 3 nitrogen and oxygen atoms in total. The van der Waals surface area contributed by atoms with E-state index in [9.17, 15) is 5.11 Å². The third-order valence-electron chi connectivity index (χ3n) is 6.27. The van der Waals surface area contributed by atoms with Crippen molar-refractivity contribution in [1.82, 2.24) is 4.90 Å². The fourth-order valence-corrected chi connectivity index (χ4v) is 5.58. The fraction of sp³-hybridized carbons (Fsp3) is 0.636. The maximum atomic E-state index is 10.1. The molecule has 0 amide bonds. The van der Waals surface area contributed by atoms with Crippen LogP contribution in [0.25, 0.3) is 0 Å². The lowest BCUT2D eigenvalue weighted by atomic mass is 9.84. The zero-order chi connectivity index (χ0) is 18.4. The van der Waals surface area contributed by atoms with E-state index in [1.807, 2.05) is 0 Å². The molecule has 2 aliphatic carbocycles. The molecule has 0 bridgehead atoms. The molecule has 1 aliphatic heterocycles. The van der Waals surface area contributed by atoms with Gasteiger partial charge in [0.1, 0.15) is 12.2 Å². The van der Waals surface area contributed by atoms with Gasteiger partial charge >= 0.3 is 0 Å². The molecular weight excluding hydrogens is 344 g/mol. The average molecular weight is 379 g/mol. The number of aliphatic hydroxyl groups is 1. The van der Waals surface area contributed by atoms with Crippen LogP contribution in [-0.2, 0) is 0 Å². The minimum absolute atomic E-state index is 0. The second kappa shape index (κ2) is 7.63. The second-order valence-electron chi connectivity index (χ2n) is 9.16. The summed E-state index contributed by atoms with van der Waals surface area (Å²) < 4.78 is 0. The fourth-order valence-electron chi connectivity index (χ4n) is 5.58. The number of quaternary nitrogens is 1. The quantitative estimate of drug-likeness (QED) is 0.700. The summed E-state index contributed by atoms with van der Waals surface area (Å²) in [5.41, 5.74) is 5.75. The Morgan fingerprint density at radius 2 is 1.62 bits per heavy atom. The SMILES string of the molecule is CC1=CC(C)(N2C[NH+](C3(C)C=C(C)C=C(C)C3)CC2CO)CC(C)=C1.[Cl-]. The third kappa shape index (κ3) is 4.01. The maximum absolute atomic E-state index is 10.1. The molecule has 1 fully saturated rings. The van der Waals surface area contributed by atoms with Crippen molar-refractivity contribution in [2.45, 2.75) is 71.5 Å². The molecule has 4 heteroatoms. The standard InChI is InChI=1S/C22H34N2O.ClH/c1-16-7-17(2)10-21(5,9-16)23-13-20(14-25)24(15-23)22(6)11-18(3)8-19(4)12-22;/h7-9,11,20,25H,10,12-15H2,1-6H3;1H. The van der Waals surface area contributed by atoms with E-state index in [1.165, 1.54) is 22.3 Å². The molecule has 2 N–H and O–H groups in total. The highest BCUT2D eigenvalue weighted by atomic mass is 35.5. The van der Waals surface area contributed by atoms with Crippen molar-refractivity contribution in [3.63, 3.8) is 0 Å². The Balaban J connectivity index is 0.00000243. The number of nitrogens with one attached hydrogen (secondary N) is 1. The molecular formula is C22H35ClN2O. The zero-order valence-electron chi connectivity index (χ0n) is 17.2. The molecule has 0 spiro atoms. The smallest absolute Gasteiger partial charge is 0.135 e. The Labute approximate surface area is 165 Å². The first kappa shape index (κ1) is 21.4. The van der Waals surface area contributed by atoms with Crippen molar-refractivity contribution in [3.8, 4) is 0 Å². The van der Waals surface area contributed by atoms with E-state index in [4.69, 9.17) is 0 Å². The molecule has 1 heterocycles. The first-order chi connectivity index (χ1) is 11.6. The van der Waals surface area contributed by atoms with Gasteiger partial charge in [0, 0.05) is 12.0 Å². The number of allylic oxidation sites excluding steroid dienone is 4. The van der Waals surface area contributed by atoms with Crippen LogP contribution < -0.4 is 17.3 Å². The summed E-state index contributed by atoms with van der Waals surface area (Å²) in [6.45, 7) is 15.8. The van der Waals surface area contributed by atoms with Gasteiger partial charge in [-0.05, 0) is 59.6 Å². The molecule has 146 valence electrons. The van der Waals surface area contributed by atoms with E-state index >= 15 is 0 Å². The van der Waals surface area contributed by atoms with Crippen LogP contribution in [0.2, 0.25) is 0 Å².